The molecule has 3 N–H and O–H groups in total. The first kappa shape index (κ1) is 15.2. The first-order valence-electron chi connectivity index (χ1n) is 7.07. The summed E-state index contributed by atoms with van der Waals surface area (Å²) in [5.41, 5.74) is 7.61. The number of ether oxygens (including phenoxy) is 1. The van der Waals surface area contributed by atoms with Gasteiger partial charge >= 0.3 is 0 Å². The van der Waals surface area contributed by atoms with E-state index in [1.165, 1.54) is 0 Å². The van der Waals surface area contributed by atoms with E-state index in [4.69, 9.17) is 10.5 Å². The van der Waals surface area contributed by atoms with Gasteiger partial charge in [-0.25, -0.2) is 4.98 Å². The van der Waals surface area contributed by atoms with Crippen molar-refractivity contribution in [1.29, 1.82) is 0 Å². The largest absolute Gasteiger partial charge is 0.497 e. The maximum atomic E-state index is 11.8. The molecule has 114 valence electrons. The summed E-state index contributed by atoms with van der Waals surface area (Å²) < 4.78 is 7.02. The van der Waals surface area contributed by atoms with Crippen molar-refractivity contribution in [2.24, 2.45) is 5.92 Å². The van der Waals surface area contributed by atoms with Crippen molar-refractivity contribution in [2.45, 2.75) is 26.8 Å². The molecular weight excluding hydrogens is 268 g/mol. The zero-order valence-electron chi connectivity index (χ0n) is 12.7. The van der Waals surface area contributed by atoms with Crippen LogP contribution in [0, 0.1) is 5.92 Å². The van der Waals surface area contributed by atoms with E-state index in [2.05, 4.69) is 24.1 Å². The van der Waals surface area contributed by atoms with E-state index in [-0.39, 0.29) is 5.91 Å². The van der Waals surface area contributed by atoms with Gasteiger partial charge < -0.3 is 20.4 Å². The van der Waals surface area contributed by atoms with Crippen molar-refractivity contribution in [3.8, 4) is 5.75 Å². The SMILES string of the molecule is COc1ccc2c(c1)nc(N)n2CCC(=O)NCC(C)C. The summed E-state index contributed by atoms with van der Waals surface area (Å²) in [7, 11) is 1.61. The van der Waals surface area contributed by atoms with Gasteiger partial charge in [-0.05, 0) is 18.1 Å². The van der Waals surface area contributed by atoms with Gasteiger partial charge in [0.2, 0.25) is 11.9 Å². The molecule has 0 saturated heterocycles. The van der Waals surface area contributed by atoms with Gasteiger partial charge in [-0.1, -0.05) is 13.8 Å². The molecule has 1 heterocycles. The van der Waals surface area contributed by atoms with Crippen molar-refractivity contribution in [3.63, 3.8) is 0 Å². The lowest BCUT2D eigenvalue weighted by Crippen LogP contribution is -2.28. The minimum atomic E-state index is 0.0264. The molecule has 0 fully saturated rings. The fourth-order valence-corrected chi connectivity index (χ4v) is 2.11. The molecule has 2 aromatic rings. The van der Waals surface area contributed by atoms with Crippen LogP contribution >= 0.6 is 0 Å². The third kappa shape index (κ3) is 3.65. The van der Waals surface area contributed by atoms with Crippen LogP contribution in [0.25, 0.3) is 11.0 Å². The summed E-state index contributed by atoms with van der Waals surface area (Å²) in [6.07, 6.45) is 0.383. The number of aryl methyl sites for hydroxylation is 1. The Morgan fingerprint density at radius 2 is 2.24 bits per heavy atom. The van der Waals surface area contributed by atoms with E-state index < -0.39 is 0 Å². The van der Waals surface area contributed by atoms with Gasteiger partial charge in [-0.3, -0.25) is 4.79 Å². The van der Waals surface area contributed by atoms with Crippen molar-refractivity contribution >= 4 is 22.9 Å². The van der Waals surface area contributed by atoms with E-state index in [1.807, 2.05) is 22.8 Å². The summed E-state index contributed by atoms with van der Waals surface area (Å²) in [5, 5.41) is 2.90. The van der Waals surface area contributed by atoms with Crippen molar-refractivity contribution < 1.29 is 9.53 Å². The van der Waals surface area contributed by atoms with Gasteiger partial charge in [-0.15, -0.1) is 0 Å². The van der Waals surface area contributed by atoms with Crippen LogP contribution in [0.2, 0.25) is 0 Å². The van der Waals surface area contributed by atoms with Crippen LogP contribution < -0.4 is 15.8 Å². The molecule has 0 unspecified atom stereocenters. The second-order valence-electron chi connectivity index (χ2n) is 5.42. The third-order valence-electron chi connectivity index (χ3n) is 3.25. The van der Waals surface area contributed by atoms with Gasteiger partial charge in [0.05, 0.1) is 18.1 Å². The Kier molecular flexibility index (Phi) is 4.67. The topological polar surface area (TPSA) is 82.2 Å². The molecule has 2 rings (SSSR count). The molecule has 0 saturated carbocycles. The van der Waals surface area contributed by atoms with E-state index in [0.29, 0.717) is 31.4 Å². The Labute approximate surface area is 124 Å². The molecule has 0 bridgehead atoms. The van der Waals surface area contributed by atoms with Crippen LogP contribution in [0.1, 0.15) is 20.3 Å². The molecule has 6 heteroatoms. The summed E-state index contributed by atoms with van der Waals surface area (Å²) in [6.45, 7) is 5.33. The van der Waals surface area contributed by atoms with Crippen LogP contribution in [0.5, 0.6) is 5.75 Å². The summed E-state index contributed by atoms with van der Waals surface area (Å²) in [5.74, 6) is 1.62. The van der Waals surface area contributed by atoms with Crippen LogP contribution in [-0.4, -0.2) is 29.1 Å². The molecule has 1 amide bonds. The molecule has 0 aliphatic carbocycles. The monoisotopic (exact) mass is 290 g/mol. The number of carbonyl (C=O) groups is 1. The lowest BCUT2D eigenvalue weighted by molar-refractivity contribution is -0.121. The molecular formula is C15H22N4O2. The standard InChI is InChI=1S/C15H22N4O2/c1-10(2)9-17-14(20)6-7-19-13-5-4-11(21-3)8-12(13)18-15(19)16/h4-5,8,10H,6-7,9H2,1-3H3,(H2,16,18)(H,17,20). The number of carbonyl (C=O) groups excluding carboxylic acids is 1. The summed E-state index contributed by atoms with van der Waals surface area (Å²) >= 11 is 0. The van der Waals surface area contributed by atoms with Gasteiger partial charge in [0.15, 0.2) is 0 Å². The van der Waals surface area contributed by atoms with Crippen LogP contribution in [-0.2, 0) is 11.3 Å². The smallest absolute Gasteiger partial charge is 0.221 e. The first-order chi connectivity index (χ1) is 10.0. The predicted octanol–water partition coefficient (Wildman–Crippen LogP) is 1.79. The molecule has 0 aliphatic rings. The molecule has 0 atom stereocenters. The minimum Gasteiger partial charge on any atom is -0.497 e. The van der Waals surface area contributed by atoms with E-state index >= 15 is 0 Å². The number of nitrogens with zero attached hydrogens (tertiary/aromatic N) is 2. The Morgan fingerprint density at radius 1 is 1.48 bits per heavy atom. The number of rotatable bonds is 6. The number of benzene rings is 1. The number of aromatic nitrogens is 2. The predicted molar refractivity (Wildman–Crippen MR) is 83.2 cm³/mol. The Morgan fingerprint density at radius 3 is 2.90 bits per heavy atom. The van der Waals surface area contributed by atoms with E-state index in [9.17, 15) is 4.79 Å². The Bertz CT molecular complexity index is 634. The molecule has 6 nitrogen and oxygen atoms in total. The van der Waals surface area contributed by atoms with Gasteiger partial charge in [0, 0.05) is 25.6 Å². The highest BCUT2D eigenvalue weighted by atomic mass is 16.5. The highest BCUT2D eigenvalue weighted by molar-refractivity contribution is 5.80. The molecule has 1 aromatic carbocycles. The number of fused-ring (bicyclic) bond motifs is 1. The van der Waals surface area contributed by atoms with Crippen molar-refractivity contribution in [1.82, 2.24) is 14.9 Å². The van der Waals surface area contributed by atoms with Crippen LogP contribution in [0.4, 0.5) is 5.95 Å². The number of nitrogen functional groups attached to an aromatic ring is 1. The van der Waals surface area contributed by atoms with Gasteiger partial charge in [0.25, 0.3) is 0 Å². The Balaban J connectivity index is 2.08. The molecule has 21 heavy (non-hydrogen) atoms. The fraction of sp³-hybridized carbons (Fsp3) is 0.467. The second-order valence-corrected chi connectivity index (χ2v) is 5.42. The van der Waals surface area contributed by atoms with Crippen molar-refractivity contribution in [3.05, 3.63) is 18.2 Å². The fourth-order valence-electron chi connectivity index (χ4n) is 2.11. The van der Waals surface area contributed by atoms with Gasteiger partial charge in [0.1, 0.15) is 5.75 Å². The highest BCUT2D eigenvalue weighted by Gasteiger charge is 2.11. The maximum absolute atomic E-state index is 11.8. The van der Waals surface area contributed by atoms with Crippen molar-refractivity contribution in [2.75, 3.05) is 19.4 Å². The normalized spacial score (nSPS) is 11.0. The number of methoxy groups -OCH3 is 1. The maximum Gasteiger partial charge on any atom is 0.221 e. The first-order valence-corrected chi connectivity index (χ1v) is 7.07. The van der Waals surface area contributed by atoms with Gasteiger partial charge in [-0.2, -0.15) is 0 Å². The molecule has 1 aromatic heterocycles. The van der Waals surface area contributed by atoms with Crippen LogP contribution in [0.3, 0.4) is 0 Å². The lowest BCUT2D eigenvalue weighted by atomic mass is 10.2. The highest BCUT2D eigenvalue weighted by Crippen LogP contribution is 2.23. The number of anilines is 1. The number of hydrogen-bond donors (Lipinski definition) is 2. The Hall–Kier alpha value is -2.24. The lowest BCUT2D eigenvalue weighted by Gasteiger charge is -2.09. The zero-order chi connectivity index (χ0) is 15.4. The second kappa shape index (κ2) is 6.47. The molecule has 0 radical (unpaired) electrons. The van der Waals surface area contributed by atoms with Crippen LogP contribution in [0.15, 0.2) is 18.2 Å². The number of nitrogens with two attached hydrogens (primary N) is 1. The van der Waals surface area contributed by atoms with E-state index in [0.717, 1.165) is 16.8 Å². The number of hydrogen-bond acceptors (Lipinski definition) is 4. The number of amides is 1. The summed E-state index contributed by atoms with van der Waals surface area (Å²) in [4.78, 5) is 16.1. The minimum absolute atomic E-state index is 0.0264. The average molecular weight is 290 g/mol. The zero-order valence-corrected chi connectivity index (χ0v) is 12.7. The third-order valence-corrected chi connectivity index (χ3v) is 3.25. The number of nitrogens with one attached hydrogen (secondary N) is 1. The summed E-state index contributed by atoms with van der Waals surface area (Å²) in [6, 6.07) is 5.60. The average Bonchev–Trinajstić information content (AvgIpc) is 2.77. The van der Waals surface area contributed by atoms with E-state index in [1.54, 1.807) is 7.11 Å². The quantitative estimate of drug-likeness (QED) is 0.849. The number of imidazole rings is 1. The molecule has 0 aliphatic heterocycles. The molecule has 0 spiro atoms.